The van der Waals surface area contributed by atoms with Gasteiger partial charge in [0.25, 0.3) is 0 Å². The Morgan fingerprint density at radius 1 is 0.861 bits per heavy atom. The van der Waals surface area contributed by atoms with Crippen LogP contribution >= 0.6 is 23.2 Å². The molecule has 186 valence electrons. The minimum absolute atomic E-state index is 0.404. The Hall–Kier alpha value is -3.03. The van der Waals surface area contributed by atoms with Gasteiger partial charge in [-0.05, 0) is 55.3 Å². The van der Waals surface area contributed by atoms with Crippen molar-refractivity contribution in [2.45, 2.75) is 31.7 Å². The topological polar surface area (TPSA) is 59.3 Å². The molecule has 7 nitrogen and oxygen atoms in total. The monoisotopic (exact) mass is 522 g/mol. The zero-order chi connectivity index (χ0) is 24.6. The molecule has 0 radical (unpaired) electrons. The van der Waals surface area contributed by atoms with Crippen molar-refractivity contribution < 1.29 is 4.74 Å². The normalized spacial score (nSPS) is 16.8. The third-order valence-corrected chi connectivity index (χ3v) is 8.08. The summed E-state index contributed by atoms with van der Waals surface area (Å²) < 4.78 is 7.72. The van der Waals surface area contributed by atoms with Crippen molar-refractivity contribution in [2.24, 2.45) is 0 Å². The summed E-state index contributed by atoms with van der Waals surface area (Å²) >= 11 is 12.4. The van der Waals surface area contributed by atoms with Crippen molar-refractivity contribution in [3.63, 3.8) is 0 Å². The average Bonchev–Trinajstić information content (AvgIpc) is 3.58. The molecule has 2 aliphatic rings. The van der Waals surface area contributed by atoms with Crippen molar-refractivity contribution in [1.29, 1.82) is 0 Å². The fraction of sp³-hybridized carbons (Fsp3) is 0.370. The molecule has 1 aliphatic heterocycles. The Morgan fingerprint density at radius 3 is 2.28 bits per heavy atom. The number of nitrogens with zero attached hydrogens (tertiary/aromatic N) is 6. The first kappa shape index (κ1) is 23.4. The van der Waals surface area contributed by atoms with Gasteiger partial charge in [-0.3, -0.25) is 0 Å². The molecule has 3 heterocycles. The van der Waals surface area contributed by atoms with E-state index in [2.05, 4.69) is 26.5 Å². The smallest absolute Gasteiger partial charge is 0.166 e. The van der Waals surface area contributed by atoms with Gasteiger partial charge in [0.15, 0.2) is 17.0 Å². The number of piperazine rings is 1. The van der Waals surface area contributed by atoms with Gasteiger partial charge in [-0.15, -0.1) is 0 Å². The molecular formula is C27H28Cl2N6O. The second-order valence-electron chi connectivity index (χ2n) is 9.41. The lowest BCUT2D eigenvalue weighted by atomic mass is 10.1. The maximum atomic E-state index is 6.26. The minimum Gasteiger partial charge on any atom is -0.497 e. The predicted octanol–water partition coefficient (Wildman–Crippen LogP) is 6.25. The van der Waals surface area contributed by atoms with E-state index in [1.54, 1.807) is 13.4 Å². The van der Waals surface area contributed by atoms with Crippen molar-refractivity contribution in [3.05, 3.63) is 58.8 Å². The molecule has 0 bridgehead atoms. The lowest BCUT2D eigenvalue weighted by Gasteiger charge is -2.36. The molecule has 36 heavy (non-hydrogen) atoms. The zero-order valence-electron chi connectivity index (χ0n) is 20.2. The fourth-order valence-corrected chi connectivity index (χ4v) is 5.73. The summed E-state index contributed by atoms with van der Waals surface area (Å²) in [5.41, 5.74) is 3.95. The number of aromatic nitrogens is 4. The Morgan fingerprint density at radius 2 is 1.58 bits per heavy atom. The van der Waals surface area contributed by atoms with Crippen LogP contribution in [-0.4, -0.2) is 52.8 Å². The highest BCUT2D eigenvalue weighted by atomic mass is 35.5. The molecular weight excluding hydrogens is 495 g/mol. The number of fused-ring (bicyclic) bond motifs is 1. The highest BCUT2D eigenvalue weighted by molar-refractivity contribution is 6.42. The largest absolute Gasteiger partial charge is 0.497 e. The molecule has 0 N–H and O–H groups in total. The first-order valence-electron chi connectivity index (χ1n) is 12.4. The molecule has 0 amide bonds. The predicted molar refractivity (Wildman–Crippen MR) is 146 cm³/mol. The molecule has 0 atom stereocenters. The van der Waals surface area contributed by atoms with Crippen molar-refractivity contribution in [3.8, 4) is 17.1 Å². The van der Waals surface area contributed by atoms with E-state index in [0.29, 0.717) is 16.1 Å². The highest BCUT2D eigenvalue weighted by Gasteiger charge is 2.28. The van der Waals surface area contributed by atoms with E-state index in [-0.39, 0.29) is 0 Å². The number of imidazole rings is 1. The number of ether oxygens (including phenoxy) is 1. The summed E-state index contributed by atoms with van der Waals surface area (Å²) in [7, 11) is 1.69. The molecule has 1 saturated heterocycles. The van der Waals surface area contributed by atoms with Crippen LogP contribution in [-0.2, 0) is 0 Å². The summed E-state index contributed by atoms with van der Waals surface area (Å²) in [6.07, 6.45) is 6.46. The number of halogens is 2. The van der Waals surface area contributed by atoms with Crippen molar-refractivity contribution in [2.75, 3.05) is 43.1 Å². The summed E-state index contributed by atoms with van der Waals surface area (Å²) in [6, 6.07) is 14.4. The van der Waals surface area contributed by atoms with Gasteiger partial charge in [0.1, 0.15) is 17.9 Å². The summed E-state index contributed by atoms with van der Waals surface area (Å²) in [6.45, 7) is 3.39. The van der Waals surface area contributed by atoms with Crippen LogP contribution in [0.4, 0.5) is 11.5 Å². The molecule has 4 aromatic rings. The second kappa shape index (κ2) is 9.79. The summed E-state index contributed by atoms with van der Waals surface area (Å²) in [4.78, 5) is 19.3. The first-order valence-corrected chi connectivity index (χ1v) is 13.2. The third kappa shape index (κ3) is 4.24. The van der Waals surface area contributed by atoms with Crippen LogP contribution in [0.1, 0.15) is 31.7 Å². The molecule has 2 aromatic heterocycles. The van der Waals surface area contributed by atoms with Crippen LogP contribution in [0.5, 0.6) is 5.75 Å². The molecule has 9 heteroatoms. The molecule has 1 aliphatic carbocycles. The number of hydrogen-bond donors (Lipinski definition) is 0. The van der Waals surface area contributed by atoms with Gasteiger partial charge in [-0.2, -0.15) is 0 Å². The van der Waals surface area contributed by atoms with Gasteiger partial charge in [-0.25, -0.2) is 15.0 Å². The SMILES string of the molecule is COc1ccc(-c2nc3c(N4CCN(c5ccc(Cl)c(Cl)c5)CC4)ncnc3n2C2CCCC2)cc1. The van der Waals surface area contributed by atoms with Gasteiger partial charge in [0.2, 0.25) is 0 Å². The van der Waals surface area contributed by atoms with Gasteiger partial charge < -0.3 is 19.1 Å². The Labute approximate surface area is 220 Å². The molecule has 2 fully saturated rings. The minimum atomic E-state index is 0.404. The molecule has 0 unspecified atom stereocenters. The number of rotatable bonds is 5. The second-order valence-corrected chi connectivity index (χ2v) is 10.2. The fourth-order valence-electron chi connectivity index (χ4n) is 5.44. The number of methoxy groups -OCH3 is 1. The number of benzene rings is 2. The van der Waals surface area contributed by atoms with E-state index >= 15 is 0 Å². The van der Waals surface area contributed by atoms with Crippen molar-refractivity contribution in [1.82, 2.24) is 19.5 Å². The third-order valence-electron chi connectivity index (χ3n) is 7.34. The molecule has 0 spiro atoms. The number of anilines is 2. The van der Waals surface area contributed by atoms with Crippen LogP contribution in [0, 0.1) is 0 Å². The lowest BCUT2D eigenvalue weighted by Crippen LogP contribution is -2.47. The van der Waals surface area contributed by atoms with Crippen LogP contribution in [0.3, 0.4) is 0 Å². The van der Waals surface area contributed by atoms with Crippen LogP contribution in [0.25, 0.3) is 22.6 Å². The van der Waals surface area contributed by atoms with Crippen molar-refractivity contribution >= 4 is 45.9 Å². The quantitative estimate of drug-likeness (QED) is 0.308. The van der Waals surface area contributed by atoms with E-state index < -0.39 is 0 Å². The Kier molecular flexibility index (Phi) is 6.36. The molecule has 1 saturated carbocycles. The van der Waals surface area contributed by atoms with E-state index in [0.717, 1.165) is 78.8 Å². The van der Waals surface area contributed by atoms with Gasteiger partial charge in [0.05, 0.1) is 17.2 Å². The lowest BCUT2D eigenvalue weighted by molar-refractivity contribution is 0.415. The number of hydrogen-bond acceptors (Lipinski definition) is 6. The zero-order valence-corrected chi connectivity index (χ0v) is 21.7. The summed E-state index contributed by atoms with van der Waals surface area (Å²) in [5, 5.41) is 1.16. The maximum absolute atomic E-state index is 6.26. The maximum Gasteiger partial charge on any atom is 0.166 e. The first-order chi connectivity index (χ1) is 17.6. The van der Waals surface area contributed by atoms with E-state index in [9.17, 15) is 0 Å². The average molecular weight is 523 g/mol. The molecule has 2 aromatic carbocycles. The van der Waals surface area contributed by atoms with Crippen LogP contribution in [0.2, 0.25) is 10.0 Å². The standard InChI is InChI=1S/C27H28Cl2N6O/c1-36-21-9-6-18(7-10-21)25-32-24-26(30-17-31-27(24)35(25)19-4-2-3-5-19)34-14-12-33(13-15-34)20-8-11-22(28)23(29)16-20/h6-11,16-17,19H,2-5,12-15H2,1H3. The molecule has 6 rings (SSSR count). The Bertz CT molecular complexity index is 1380. The van der Waals surface area contributed by atoms with Gasteiger partial charge in [0, 0.05) is 43.5 Å². The highest BCUT2D eigenvalue weighted by Crippen LogP contribution is 2.38. The van der Waals surface area contributed by atoms with Crippen LogP contribution in [0.15, 0.2) is 48.8 Å². The van der Waals surface area contributed by atoms with Crippen LogP contribution < -0.4 is 14.5 Å². The summed E-state index contributed by atoms with van der Waals surface area (Å²) in [5.74, 6) is 2.69. The van der Waals surface area contributed by atoms with Gasteiger partial charge in [-0.1, -0.05) is 36.0 Å². The van der Waals surface area contributed by atoms with E-state index in [1.807, 2.05) is 30.3 Å². The Balaban J connectivity index is 1.34. The van der Waals surface area contributed by atoms with Gasteiger partial charge >= 0.3 is 0 Å². The van der Waals surface area contributed by atoms with E-state index in [1.165, 1.54) is 12.8 Å². The van der Waals surface area contributed by atoms with E-state index in [4.69, 9.17) is 42.9 Å².